The maximum atomic E-state index is 13.3. The molecule has 3 rings (SSSR count). The van der Waals surface area contributed by atoms with E-state index in [2.05, 4.69) is 11.8 Å². The number of nitrogens with zero attached hydrogens (tertiary/aromatic N) is 2. The monoisotopic (exact) mass is 528 g/mol. The van der Waals surface area contributed by atoms with Gasteiger partial charge in [-0.3, -0.25) is 9.59 Å². The SMILES string of the molecule is CCN(c1cc(Cl)cc(C(=O)CCC2=C(C)C=C(C)CC2=O)c1C)C1CCN(C(=O)OC(C)(C)C)CC1. The van der Waals surface area contributed by atoms with Crippen LogP contribution in [0.2, 0.25) is 5.02 Å². The number of carbonyl (C=O) groups excluding carboxylic acids is 3. The average molecular weight is 529 g/mol. The molecule has 7 heteroatoms. The van der Waals surface area contributed by atoms with Crippen LogP contribution in [0.5, 0.6) is 0 Å². The molecule has 1 heterocycles. The highest BCUT2D eigenvalue weighted by molar-refractivity contribution is 6.31. The molecule has 1 saturated heterocycles. The van der Waals surface area contributed by atoms with Crippen LogP contribution >= 0.6 is 11.6 Å². The third-order valence-electron chi connectivity index (χ3n) is 7.17. The Kier molecular flexibility index (Phi) is 9.27. The first-order valence-electron chi connectivity index (χ1n) is 13.3. The molecule has 1 fully saturated rings. The minimum absolute atomic E-state index is 0.00331. The molecular weight excluding hydrogens is 488 g/mol. The van der Waals surface area contributed by atoms with Crippen molar-refractivity contribution < 1.29 is 19.1 Å². The zero-order valence-electron chi connectivity index (χ0n) is 23.4. The Labute approximate surface area is 226 Å². The largest absolute Gasteiger partial charge is 0.444 e. The van der Waals surface area contributed by atoms with Gasteiger partial charge in [0.05, 0.1) is 0 Å². The Morgan fingerprint density at radius 2 is 1.78 bits per heavy atom. The first-order chi connectivity index (χ1) is 17.3. The molecule has 0 radical (unpaired) electrons. The summed E-state index contributed by atoms with van der Waals surface area (Å²) in [5, 5.41) is 0.524. The van der Waals surface area contributed by atoms with E-state index < -0.39 is 5.60 Å². The van der Waals surface area contributed by atoms with Crippen molar-refractivity contribution in [2.24, 2.45) is 0 Å². The van der Waals surface area contributed by atoms with Gasteiger partial charge in [-0.2, -0.15) is 0 Å². The molecule has 0 spiro atoms. The Morgan fingerprint density at radius 3 is 2.35 bits per heavy atom. The topological polar surface area (TPSA) is 66.9 Å². The summed E-state index contributed by atoms with van der Waals surface area (Å²) in [7, 11) is 0. The predicted octanol–water partition coefficient (Wildman–Crippen LogP) is 7.07. The predicted molar refractivity (Wildman–Crippen MR) is 150 cm³/mol. The number of ketones is 2. The van der Waals surface area contributed by atoms with Gasteiger partial charge in [0, 0.05) is 54.8 Å². The molecule has 0 aromatic heterocycles. The number of benzene rings is 1. The molecule has 202 valence electrons. The van der Waals surface area contributed by atoms with Crippen LogP contribution in [-0.4, -0.2) is 53.8 Å². The Balaban J connectivity index is 1.74. The third-order valence-corrected chi connectivity index (χ3v) is 7.39. The molecule has 1 aliphatic carbocycles. The number of hydrogen-bond donors (Lipinski definition) is 0. The molecule has 37 heavy (non-hydrogen) atoms. The second-order valence-electron chi connectivity index (χ2n) is 11.3. The van der Waals surface area contributed by atoms with Crippen molar-refractivity contribution >= 4 is 34.9 Å². The minimum atomic E-state index is -0.515. The first-order valence-corrected chi connectivity index (χ1v) is 13.7. The lowest BCUT2D eigenvalue weighted by Crippen LogP contribution is -2.48. The van der Waals surface area contributed by atoms with Crippen LogP contribution in [0.3, 0.4) is 0 Å². The van der Waals surface area contributed by atoms with E-state index in [1.807, 2.05) is 53.7 Å². The van der Waals surface area contributed by atoms with E-state index in [1.54, 1.807) is 11.0 Å². The average Bonchev–Trinajstić information content (AvgIpc) is 2.80. The fourth-order valence-corrected chi connectivity index (χ4v) is 5.57. The van der Waals surface area contributed by atoms with E-state index in [0.29, 0.717) is 36.5 Å². The molecule has 1 aromatic rings. The Hall–Kier alpha value is -2.60. The van der Waals surface area contributed by atoms with E-state index in [1.165, 1.54) is 0 Å². The Morgan fingerprint density at radius 1 is 1.14 bits per heavy atom. The van der Waals surface area contributed by atoms with Gasteiger partial charge in [-0.1, -0.05) is 23.3 Å². The molecule has 1 amide bonds. The van der Waals surface area contributed by atoms with Gasteiger partial charge in [-0.05, 0) is 96.6 Å². The molecule has 6 nitrogen and oxygen atoms in total. The molecule has 0 atom stereocenters. The number of piperidine rings is 1. The number of ether oxygens (including phenoxy) is 1. The summed E-state index contributed by atoms with van der Waals surface area (Å²) in [6, 6.07) is 3.91. The standard InChI is InChI=1S/C30H41ClN2O4/c1-8-33(23-11-13-32(14-12-23)29(36)37-30(5,6)7)26-18-22(31)17-25(21(26)4)27(34)10-9-24-20(3)15-19(2)16-28(24)35/h15,17-18,23H,8-14,16H2,1-7H3. The van der Waals surface area contributed by atoms with Crippen molar-refractivity contribution in [1.82, 2.24) is 4.90 Å². The molecule has 2 aliphatic rings. The van der Waals surface area contributed by atoms with Crippen LogP contribution in [0.4, 0.5) is 10.5 Å². The zero-order chi connectivity index (χ0) is 27.5. The van der Waals surface area contributed by atoms with Gasteiger partial charge in [0.15, 0.2) is 11.6 Å². The lowest BCUT2D eigenvalue weighted by atomic mass is 9.88. The quantitative estimate of drug-likeness (QED) is 0.354. The highest BCUT2D eigenvalue weighted by Crippen LogP contribution is 2.33. The highest BCUT2D eigenvalue weighted by Gasteiger charge is 2.30. The molecule has 1 aromatic carbocycles. The van der Waals surface area contributed by atoms with Crippen molar-refractivity contribution in [2.45, 2.75) is 92.2 Å². The summed E-state index contributed by atoms with van der Waals surface area (Å²) < 4.78 is 5.54. The number of anilines is 1. The van der Waals surface area contributed by atoms with Crippen molar-refractivity contribution in [2.75, 3.05) is 24.5 Å². The van der Waals surface area contributed by atoms with Gasteiger partial charge < -0.3 is 14.5 Å². The number of amides is 1. The van der Waals surface area contributed by atoms with E-state index in [0.717, 1.165) is 47.4 Å². The van der Waals surface area contributed by atoms with Gasteiger partial charge in [0.2, 0.25) is 0 Å². The van der Waals surface area contributed by atoms with Crippen molar-refractivity contribution in [3.05, 3.63) is 51.1 Å². The van der Waals surface area contributed by atoms with Crippen LogP contribution in [0.25, 0.3) is 0 Å². The van der Waals surface area contributed by atoms with E-state index in [4.69, 9.17) is 16.3 Å². The highest BCUT2D eigenvalue weighted by atomic mass is 35.5. The van der Waals surface area contributed by atoms with E-state index in [9.17, 15) is 14.4 Å². The molecule has 0 unspecified atom stereocenters. The fraction of sp³-hybridized carbons (Fsp3) is 0.567. The summed E-state index contributed by atoms with van der Waals surface area (Å²) in [5.41, 5.74) is 4.73. The van der Waals surface area contributed by atoms with Gasteiger partial charge in [-0.15, -0.1) is 0 Å². The minimum Gasteiger partial charge on any atom is -0.444 e. The van der Waals surface area contributed by atoms with E-state index in [-0.39, 0.29) is 30.1 Å². The molecule has 1 aliphatic heterocycles. The molecule has 0 bridgehead atoms. The second kappa shape index (κ2) is 11.8. The van der Waals surface area contributed by atoms with Crippen molar-refractivity contribution in [3.63, 3.8) is 0 Å². The van der Waals surface area contributed by atoms with Crippen molar-refractivity contribution in [1.29, 1.82) is 0 Å². The summed E-state index contributed by atoms with van der Waals surface area (Å²) in [5.74, 6) is 0.111. The lowest BCUT2D eigenvalue weighted by Gasteiger charge is -2.40. The maximum absolute atomic E-state index is 13.3. The summed E-state index contributed by atoms with van der Waals surface area (Å²) >= 11 is 6.52. The number of hydrogen-bond acceptors (Lipinski definition) is 5. The van der Waals surface area contributed by atoms with Crippen molar-refractivity contribution in [3.8, 4) is 0 Å². The summed E-state index contributed by atoms with van der Waals surface area (Å²) in [4.78, 5) is 42.4. The molecule has 0 N–H and O–H groups in total. The van der Waals surface area contributed by atoms with Crippen LogP contribution in [0.15, 0.2) is 34.9 Å². The lowest BCUT2D eigenvalue weighted by molar-refractivity contribution is -0.115. The van der Waals surface area contributed by atoms with Gasteiger partial charge >= 0.3 is 6.09 Å². The third kappa shape index (κ3) is 7.25. The number of carbonyl (C=O) groups is 3. The summed E-state index contributed by atoms with van der Waals surface area (Å²) in [6.45, 7) is 15.6. The van der Waals surface area contributed by atoms with Crippen LogP contribution < -0.4 is 4.90 Å². The first kappa shape index (κ1) is 29.0. The molecular formula is C30H41ClN2O4. The number of Topliss-reactive ketones (excluding diaryl/α,β-unsaturated/α-hetero) is 2. The van der Waals surface area contributed by atoms with Gasteiger partial charge in [0.25, 0.3) is 0 Å². The molecule has 0 saturated carbocycles. The zero-order valence-corrected chi connectivity index (χ0v) is 24.1. The van der Waals surface area contributed by atoms with Gasteiger partial charge in [0.1, 0.15) is 5.60 Å². The number of halogens is 1. The van der Waals surface area contributed by atoms with Crippen LogP contribution in [0, 0.1) is 6.92 Å². The fourth-order valence-electron chi connectivity index (χ4n) is 5.36. The number of likely N-dealkylation sites (tertiary alicyclic amines) is 1. The van der Waals surface area contributed by atoms with E-state index >= 15 is 0 Å². The normalized spacial score (nSPS) is 17.1. The second-order valence-corrected chi connectivity index (χ2v) is 11.7. The van der Waals surface area contributed by atoms with Crippen LogP contribution in [0.1, 0.15) is 89.6 Å². The Bertz CT molecular complexity index is 1120. The number of rotatable bonds is 7. The maximum Gasteiger partial charge on any atom is 0.410 e. The van der Waals surface area contributed by atoms with Gasteiger partial charge in [-0.25, -0.2) is 4.79 Å². The number of allylic oxidation sites excluding steroid dienone is 4. The smallest absolute Gasteiger partial charge is 0.410 e. The van der Waals surface area contributed by atoms with Crippen LogP contribution in [-0.2, 0) is 9.53 Å². The summed E-state index contributed by atoms with van der Waals surface area (Å²) in [6.07, 6.45) is 4.53.